The second kappa shape index (κ2) is 3.49. The highest BCUT2D eigenvalue weighted by Crippen LogP contribution is 1.96. The number of amides is 1. The summed E-state index contributed by atoms with van der Waals surface area (Å²) in [6, 6.07) is 2.31. The van der Waals surface area contributed by atoms with E-state index in [1.54, 1.807) is 0 Å². The Morgan fingerprint density at radius 3 is 3.00 bits per heavy atom. The van der Waals surface area contributed by atoms with Crippen LogP contribution in [0.2, 0.25) is 0 Å². The molecule has 1 aromatic rings. The summed E-state index contributed by atoms with van der Waals surface area (Å²) in [4.78, 5) is 13.9. The summed E-state index contributed by atoms with van der Waals surface area (Å²) < 4.78 is 12.5. The first kappa shape index (κ1) is 8.21. The fraction of sp³-hybridized carbons (Fsp3) is 0. The molecule has 0 saturated heterocycles. The van der Waals surface area contributed by atoms with Crippen molar-refractivity contribution in [3.63, 3.8) is 0 Å². The zero-order chi connectivity index (χ0) is 8.97. The number of carbonyl (C=O) groups excluding carboxylic acids is 1. The maximum Gasteiger partial charge on any atom is 0.293 e. The SMILES string of the molecule is NC(=O)C#Cc1cc(F)ccn1. The maximum atomic E-state index is 12.5. The monoisotopic (exact) mass is 164 g/mol. The second-order valence-electron chi connectivity index (χ2n) is 1.97. The van der Waals surface area contributed by atoms with Gasteiger partial charge in [0, 0.05) is 18.2 Å². The summed E-state index contributed by atoms with van der Waals surface area (Å²) in [6.07, 6.45) is 1.26. The van der Waals surface area contributed by atoms with Crippen LogP contribution in [0.25, 0.3) is 0 Å². The minimum absolute atomic E-state index is 0.189. The van der Waals surface area contributed by atoms with E-state index in [4.69, 9.17) is 5.73 Å². The molecule has 0 fully saturated rings. The minimum Gasteiger partial charge on any atom is -0.359 e. The van der Waals surface area contributed by atoms with E-state index in [0.717, 1.165) is 6.07 Å². The van der Waals surface area contributed by atoms with E-state index in [9.17, 15) is 9.18 Å². The summed E-state index contributed by atoms with van der Waals surface area (Å²) >= 11 is 0. The van der Waals surface area contributed by atoms with E-state index in [2.05, 4.69) is 10.9 Å². The average Bonchev–Trinajstić information content (AvgIpc) is 2.01. The van der Waals surface area contributed by atoms with E-state index < -0.39 is 11.7 Å². The Balaban J connectivity index is 2.92. The van der Waals surface area contributed by atoms with Crippen LogP contribution in [0.5, 0.6) is 0 Å². The van der Waals surface area contributed by atoms with Crippen LogP contribution in [0.3, 0.4) is 0 Å². The molecule has 1 aromatic heterocycles. The molecule has 1 heterocycles. The lowest BCUT2D eigenvalue weighted by atomic mass is 10.3. The molecule has 0 unspecified atom stereocenters. The van der Waals surface area contributed by atoms with Crippen LogP contribution in [-0.4, -0.2) is 10.9 Å². The number of rotatable bonds is 0. The third kappa shape index (κ3) is 2.39. The largest absolute Gasteiger partial charge is 0.359 e. The van der Waals surface area contributed by atoms with E-state index in [-0.39, 0.29) is 5.69 Å². The van der Waals surface area contributed by atoms with Gasteiger partial charge in [-0.15, -0.1) is 0 Å². The zero-order valence-electron chi connectivity index (χ0n) is 6.04. The predicted molar refractivity (Wildman–Crippen MR) is 40.3 cm³/mol. The predicted octanol–water partition coefficient (Wildman–Crippen LogP) is 0.0575. The van der Waals surface area contributed by atoms with E-state index >= 15 is 0 Å². The van der Waals surface area contributed by atoms with Gasteiger partial charge >= 0.3 is 0 Å². The number of hydrogen-bond acceptors (Lipinski definition) is 2. The molecule has 0 spiro atoms. The van der Waals surface area contributed by atoms with Crippen molar-refractivity contribution in [1.82, 2.24) is 4.98 Å². The highest BCUT2D eigenvalue weighted by atomic mass is 19.1. The van der Waals surface area contributed by atoms with Gasteiger partial charge in [-0.05, 0) is 12.0 Å². The van der Waals surface area contributed by atoms with Crippen molar-refractivity contribution in [2.45, 2.75) is 0 Å². The van der Waals surface area contributed by atoms with Crippen LogP contribution in [0.4, 0.5) is 4.39 Å². The Morgan fingerprint density at radius 1 is 1.67 bits per heavy atom. The Hall–Kier alpha value is -1.89. The molecule has 1 amide bonds. The molecule has 0 aromatic carbocycles. The van der Waals surface area contributed by atoms with Crippen molar-refractivity contribution in [3.8, 4) is 11.8 Å². The van der Waals surface area contributed by atoms with Gasteiger partial charge in [0.2, 0.25) is 0 Å². The first-order valence-corrected chi connectivity index (χ1v) is 3.11. The van der Waals surface area contributed by atoms with Crippen molar-refractivity contribution in [2.24, 2.45) is 5.73 Å². The molecular weight excluding hydrogens is 159 g/mol. The highest BCUT2D eigenvalue weighted by Gasteiger charge is 1.91. The van der Waals surface area contributed by atoms with Crippen molar-refractivity contribution in [3.05, 3.63) is 29.8 Å². The highest BCUT2D eigenvalue weighted by molar-refractivity contribution is 5.92. The van der Waals surface area contributed by atoms with Crippen molar-refractivity contribution >= 4 is 5.91 Å². The van der Waals surface area contributed by atoms with Crippen molar-refractivity contribution < 1.29 is 9.18 Å². The molecular formula is C8H5FN2O. The molecule has 12 heavy (non-hydrogen) atoms. The molecule has 2 N–H and O–H groups in total. The molecule has 0 radical (unpaired) electrons. The Morgan fingerprint density at radius 2 is 2.42 bits per heavy atom. The van der Waals surface area contributed by atoms with Crippen LogP contribution < -0.4 is 5.73 Å². The molecule has 0 aliphatic rings. The number of aromatic nitrogens is 1. The van der Waals surface area contributed by atoms with Crippen LogP contribution in [0, 0.1) is 17.7 Å². The Kier molecular flexibility index (Phi) is 2.38. The van der Waals surface area contributed by atoms with Crippen LogP contribution in [0.1, 0.15) is 5.69 Å². The topological polar surface area (TPSA) is 56.0 Å². The van der Waals surface area contributed by atoms with Crippen LogP contribution >= 0.6 is 0 Å². The third-order valence-electron chi connectivity index (χ3n) is 1.04. The zero-order valence-corrected chi connectivity index (χ0v) is 6.04. The normalized spacial score (nSPS) is 8.42. The first-order chi connectivity index (χ1) is 5.68. The molecule has 3 nitrogen and oxygen atoms in total. The molecule has 0 atom stereocenters. The third-order valence-corrected chi connectivity index (χ3v) is 1.04. The summed E-state index contributed by atoms with van der Waals surface area (Å²) in [6.45, 7) is 0. The molecule has 60 valence electrons. The lowest BCUT2D eigenvalue weighted by molar-refractivity contribution is -0.112. The minimum atomic E-state index is -0.763. The van der Waals surface area contributed by atoms with Gasteiger partial charge in [-0.2, -0.15) is 0 Å². The number of primary amides is 1. The molecule has 4 heteroatoms. The standard InChI is InChI=1S/C8H5FN2O/c9-6-3-4-11-7(5-6)1-2-8(10)12/h3-5H,(H2,10,12). The smallest absolute Gasteiger partial charge is 0.293 e. The fourth-order valence-corrected chi connectivity index (χ4v) is 0.599. The van der Waals surface area contributed by atoms with Gasteiger partial charge in [0.05, 0.1) is 0 Å². The van der Waals surface area contributed by atoms with Crippen molar-refractivity contribution in [2.75, 3.05) is 0 Å². The number of carbonyl (C=O) groups is 1. The Bertz CT molecular complexity index is 365. The van der Waals surface area contributed by atoms with E-state index in [0.29, 0.717) is 0 Å². The molecule has 0 saturated carbocycles. The lowest BCUT2D eigenvalue weighted by Crippen LogP contribution is -2.06. The number of halogens is 1. The van der Waals surface area contributed by atoms with E-state index in [1.165, 1.54) is 12.3 Å². The number of hydrogen-bond donors (Lipinski definition) is 1. The van der Waals surface area contributed by atoms with Gasteiger partial charge < -0.3 is 5.73 Å². The van der Waals surface area contributed by atoms with Crippen LogP contribution in [-0.2, 0) is 4.79 Å². The number of pyridine rings is 1. The fourth-order valence-electron chi connectivity index (χ4n) is 0.599. The number of nitrogens with zero attached hydrogens (tertiary/aromatic N) is 1. The van der Waals surface area contributed by atoms with Gasteiger partial charge in [-0.25, -0.2) is 9.37 Å². The molecule has 1 rings (SSSR count). The first-order valence-electron chi connectivity index (χ1n) is 3.11. The summed E-state index contributed by atoms with van der Waals surface area (Å²) in [5.41, 5.74) is 4.93. The lowest BCUT2D eigenvalue weighted by Gasteiger charge is -1.87. The molecule has 0 bridgehead atoms. The summed E-state index contributed by atoms with van der Waals surface area (Å²) in [7, 11) is 0. The van der Waals surface area contributed by atoms with Gasteiger partial charge in [-0.1, -0.05) is 0 Å². The summed E-state index contributed by atoms with van der Waals surface area (Å²) in [5, 5.41) is 0. The van der Waals surface area contributed by atoms with Crippen LogP contribution in [0.15, 0.2) is 18.3 Å². The van der Waals surface area contributed by atoms with Gasteiger partial charge in [-0.3, -0.25) is 4.79 Å². The van der Waals surface area contributed by atoms with Gasteiger partial charge in [0.15, 0.2) is 0 Å². The van der Waals surface area contributed by atoms with E-state index in [1.807, 2.05) is 5.92 Å². The van der Waals surface area contributed by atoms with Crippen molar-refractivity contribution in [1.29, 1.82) is 0 Å². The average molecular weight is 164 g/mol. The molecule has 0 aliphatic heterocycles. The Labute approximate surface area is 68.4 Å². The summed E-state index contributed by atoms with van der Waals surface area (Å²) in [5.74, 6) is 3.15. The number of nitrogens with two attached hydrogens (primary N) is 1. The maximum absolute atomic E-state index is 12.5. The second-order valence-corrected chi connectivity index (χ2v) is 1.97. The molecule has 0 aliphatic carbocycles. The van der Waals surface area contributed by atoms with Gasteiger partial charge in [0.1, 0.15) is 11.5 Å². The quantitative estimate of drug-likeness (QED) is 0.551. The van der Waals surface area contributed by atoms with Gasteiger partial charge in [0.25, 0.3) is 5.91 Å².